The Kier molecular flexibility index (Phi) is 7.40. The molecule has 1 amide bonds. The molecule has 0 radical (unpaired) electrons. The van der Waals surface area contributed by atoms with Gasteiger partial charge in [0.2, 0.25) is 5.91 Å². The Bertz CT molecular complexity index is 447. The Labute approximate surface area is 128 Å². The lowest BCUT2D eigenvalue weighted by molar-refractivity contribution is -0.120. The van der Waals surface area contributed by atoms with Crippen molar-refractivity contribution >= 4 is 11.6 Å². The fraction of sp³-hybridized carbons (Fsp3) is 0.588. The zero-order valence-corrected chi connectivity index (χ0v) is 13.7. The number of rotatable bonds is 8. The molecule has 1 aromatic carbocycles. The van der Waals surface area contributed by atoms with Crippen molar-refractivity contribution < 1.29 is 4.79 Å². The van der Waals surface area contributed by atoms with E-state index in [9.17, 15) is 4.79 Å². The summed E-state index contributed by atoms with van der Waals surface area (Å²) in [6.45, 7) is 10.8. The van der Waals surface area contributed by atoms with Crippen LogP contribution in [-0.2, 0) is 11.3 Å². The number of nitrogens with one attached hydrogen (secondary N) is 1. The van der Waals surface area contributed by atoms with Crippen molar-refractivity contribution in [1.82, 2.24) is 4.90 Å². The molecule has 1 rings (SSSR count). The molecule has 0 aliphatic carbocycles. The molecular weight excluding hydrogens is 262 g/mol. The van der Waals surface area contributed by atoms with Gasteiger partial charge in [-0.25, -0.2) is 0 Å². The zero-order valence-electron chi connectivity index (χ0n) is 13.7. The van der Waals surface area contributed by atoms with Gasteiger partial charge in [0, 0.05) is 18.8 Å². The number of anilines is 1. The summed E-state index contributed by atoms with van der Waals surface area (Å²) in [5.41, 5.74) is 7.46. The molecule has 2 unspecified atom stereocenters. The number of nitrogens with two attached hydrogens (primary N) is 1. The van der Waals surface area contributed by atoms with Crippen LogP contribution in [0.15, 0.2) is 24.3 Å². The van der Waals surface area contributed by atoms with E-state index in [0.29, 0.717) is 12.5 Å². The van der Waals surface area contributed by atoms with Gasteiger partial charge in [0.05, 0.1) is 6.04 Å². The molecule has 4 heteroatoms. The first-order valence-electron chi connectivity index (χ1n) is 7.85. The van der Waals surface area contributed by atoms with Gasteiger partial charge in [-0.3, -0.25) is 9.69 Å². The molecule has 0 aliphatic heterocycles. The van der Waals surface area contributed by atoms with Crippen LogP contribution in [0.25, 0.3) is 0 Å². The van der Waals surface area contributed by atoms with Gasteiger partial charge in [-0.15, -0.1) is 0 Å². The van der Waals surface area contributed by atoms with Crippen molar-refractivity contribution in [1.29, 1.82) is 0 Å². The van der Waals surface area contributed by atoms with Gasteiger partial charge < -0.3 is 11.1 Å². The van der Waals surface area contributed by atoms with Crippen LogP contribution in [-0.4, -0.2) is 29.9 Å². The van der Waals surface area contributed by atoms with E-state index in [1.54, 1.807) is 0 Å². The summed E-state index contributed by atoms with van der Waals surface area (Å²) in [4.78, 5) is 14.6. The third-order valence-corrected chi connectivity index (χ3v) is 4.01. The van der Waals surface area contributed by atoms with Crippen molar-refractivity contribution in [2.75, 3.05) is 18.4 Å². The Morgan fingerprint density at radius 2 is 2.05 bits per heavy atom. The highest BCUT2D eigenvalue weighted by atomic mass is 16.2. The monoisotopic (exact) mass is 291 g/mol. The van der Waals surface area contributed by atoms with Gasteiger partial charge in [0.15, 0.2) is 0 Å². The minimum absolute atomic E-state index is 0.0364. The van der Waals surface area contributed by atoms with Gasteiger partial charge in [-0.05, 0) is 37.1 Å². The maximum absolute atomic E-state index is 12.4. The highest BCUT2D eigenvalue weighted by Crippen LogP contribution is 2.13. The smallest absolute Gasteiger partial charge is 0.241 e. The Hall–Kier alpha value is -1.39. The lowest BCUT2D eigenvalue weighted by atomic mass is 10.1. The largest absolute Gasteiger partial charge is 0.326 e. The predicted octanol–water partition coefficient (Wildman–Crippen LogP) is 2.84. The Morgan fingerprint density at radius 1 is 1.33 bits per heavy atom. The standard InChI is InChI=1S/C17H29N3O/c1-5-13(3)12-20(6-2)14(4)17(21)19-16-9-7-8-15(10-16)11-18/h7-10,13-14H,5-6,11-12,18H2,1-4H3,(H,19,21). The van der Waals surface area contributed by atoms with Crippen molar-refractivity contribution in [3.8, 4) is 0 Å². The van der Waals surface area contributed by atoms with E-state index in [2.05, 4.69) is 31.0 Å². The minimum atomic E-state index is -0.134. The number of nitrogens with zero attached hydrogens (tertiary/aromatic N) is 1. The lowest BCUT2D eigenvalue weighted by Gasteiger charge is -2.29. The van der Waals surface area contributed by atoms with E-state index in [0.717, 1.165) is 30.8 Å². The molecule has 0 saturated carbocycles. The van der Waals surface area contributed by atoms with E-state index in [1.165, 1.54) is 0 Å². The number of hydrogen-bond donors (Lipinski definition) is 2. The molecule has 1 aromatic rings. The Morgan fingerprint density at radius 3 is 2.62 bits per heavy atom. The molecule has 0 heterocycles. The molecule has 0 aliphatic rings. The van der Waals surface area contributed by atoms with Crippen LogP contribution in [0, 0.1) is 5.92 Å². The molecule has 0 saturated heterocycles. The first-order chi connectivity index (χ1) is 10.0. The molecule has 0 fully saturated rings. The van der Waals surface area contributed by atoms with Gasteiger partial charge in [0.1, 0.15) is 0 Å². The number of carbonyl (C=O) groups excluding carboxylic acids is 1. The summed E-state index contributed by atoms with van der Waals surface area (Å²) in [6.07, 6.45) is 1.13. The fourth-order valence-corrected chi connectivity index (χ4v) is 2.28. The van der Waals surface area contributed by atoms with E-state index < -0.39 is 0 Å². The third kappa shape index (κ3) is 5.48. The molecule has 118 valence electrons. The number of amides is 1. The lowest BCUT2D eigenvalue weighted by Crippen LogP contribution is -2.43. The molecule has 21 heavy (non-hydrogen) atoms. The summed E-state index contributed by atoms with van der Waals surface area (Å²) in [5, 5.41) is 2.99. The molecule has 0 bridgehead atoms. The highest BCUT2D eigenvalue weighted by molar-refractivity contribution is 5.94. The molecule has 3 N–H and O–H groups in total. The molecule has 0 aromatic heterocycles. The van der Waals surface area contributed by atoms with E-state index in [1.807, 2.05) is 31.2 Å². The summed E-state index contributed by atoms with van der Waals surface area (Å²) >= 11 is 0. The van der Waals surface area contributed by atoms with Crippen LogP contribution in [0.1, 0.15) is 39.7 Å². The van der Waals surface area contributed by atoms with Gasteiger partial charge >= 0.3 is 0 Å². The topological polar surface area (TPSA) is 58.4 Å². The number of likely N-dealkylation sites (N-methyl/N-ethyl adjacent to an activating group) is 1. The zero-order chi connectivity index (χ0) is 15.8. The second-order valence-corrected chi connectivity index (χ2v) is 5.67. The molecule has 4 nitrogen and oxygen atoms in total. The summed E-state index contributed by atoms with van der Waals surface area (Å²) in [7, 11) is 0. The second-order valence-electron chi connectivity index (χ2n) is 5.67. The fourth-order valence-electron chi connectivity index (χ4n) is 2.28. The highest BCUT2D eigenvalue weighted by Gasteiger charge is 2.21. The number of carbonyl (C=O) groups is 1. The van der Waals surface area contributed by atoms with Crippen LogP contribution in [0.4, 0.5) is 5.69 Å². The summed E-state index contributed by atoms with van der Waals surface area (Å²) < 4.78 is 0. The van der Waals surface area contributed by atoms with Gasteiger partial charge in [0.25, 0.3) is 0 Å². The van der Waals surface area contributed by atoms with Crippen molar-refractivity contribution in [3.63, 3.8) is 0 Å². The van der Waals surface area contributed by atoms with Gasteiger partial charge in [-0.1, -0.05) is 39.3 Å². The quantitative estimate of drug-likeness (QED) is 0.774. The van der Waals surface area contributed by atoms with E-state index >= 15 is 0 Å². The van der Waals surface area contributed by atoms with Crippen molar-refractivity contribution in [3.05, 3.63) is 29.8 Å². The molecular formula is C17H29N3O. The number of hydrogen-bond acceptors (Lipinski definition) is 3. The predicted molar refractivity (Wildman–Crippen MR) is 89.1 cm³/mol. The maximum atomic E-state index is 12.4. The second kappa shape index (κ2) is 8.80. The summed E-state index contributed by atoms with van der Waals surface area (Å²) in [6, 6.07) is 7.56. The first-order valence-corrected chi connectivity index (χ1v) is 7.85. The molecule has 2 atom stereocenters. The summed E-state index contributed by atoms with van der Waals surface area (Å²) in [5.74, 6) is 0.634. The van der Waals surface area contributed by atoms with E-state index in [4.69, 9.17) is 5.73 Å². The maximum Gasteiger partial charge on any atom is 0.241 e. The average Bonchev–Trinajstić information content (AvgIpc) is 2.51. The minimum Gasteiger partial charge on any atom is -0.326 e. The van der Waals surface area contributed by atoms with Crippen LogP contribution >= 0.6 is 0 Å². The van der Waals surface area contributed by atoms with Crippen molar-refractivity contribution in [2.24, 2.45) is 11.7 Å². The normalized spacial score (nSPS) is 14.0. The van der Waals surface area contributed by atoms with Crippen molar-refractivity contribution in [2.45, 2.75) is 46.7 Å². The first kappa shape index (κ1) is 17.7. The SMILES string of the molecule is CCC(C)CN(CC)C(C)C(=O)Nc1cccc(CN)c1. The number of benzene rings is 1. The Balaban J connectivity index is 2.67. The average molecular weight is 291 g/mol. The van der Waals surface area contributed by atoms with Crippen LogP contribution < -0.4 is 11.1 Å². The van der Waals surface area contributed by atoms with Crippen LogP contribution in [0.5, 0.6) is 0 Å². The van der Waals surface area contributed by atoms with E-state index in [-0.39, 0.29) is 11.9 Å². The van der Waals surface area contributed by atoms with Crippen LogP contribution in [0.2, 0.25) is 0 Å². The third-order valence-electron chi connectivity index (χ3n) is 4.01. The van der Waals surface area contributed by atoms with Gasteiger partial charge in [-0.2, -0.15) is 0 Å². The molecule has 0 spiro atoms. The van der Waals surface area contributed by atoms with Crippen LogP contribution in [0.3, 0.4) is 0 Å².